The Kier molecular flexibility index (Phi) is 2.84. The number of nitrogens with zero attached hydrogens (tertiary/aromatic N) is 1. The molecule has 2 N–H and O–H groups in total. The second kappa shape index (κ2) is 4.66. The molecule has 20 heavy (non-hydrogen) atoms. The van der Waals surface area contributed by atoms with Crippen LogP contribution >= 0.6 is 0 Å². The van der Waals surface area contributed by atoms with Crippen LogP contribution in [0, 0.1) is 0 Å². The summed E-state index contributed by atoms with van der Waals surface area (Å²) in [5.41, 5.74) is 2.11. The van der Waals surface area contributed by atoms with Gasteiger partial charge in [0.05, 0.1) is 0 Å². The van der Waals surface area contributed by atoms with Gasteiger partial charge in [0, 0.05) is 5.39 Å². The van der Waals surface area contributed by atoms with E-state index in [4.69, 9.17) is 5.11 Å². The highest BCUT2D eigenvalue weighted by Crippen LogP contribution is 2.32. The van der Waals surface area contributed by atoms with E-state index in [1.807, 2.05) is 30.3 Å². The first-order valence-corrected chi connectivity index (χ1v) is 6.08. The molecule has 1 aromatic heterocycles. The SMILES string of the molecule is O=C(O)c1ccc2c(-c3ccccc3)ccc(O)c2n1. The summed E-state index contributed by atoms with van der Waals surface area (Å²) in [6, 6.07) is 16.1. The van der Waals surface area contributed by atoms with Crippen LogP contribution in [0.2, 0.25) is 0 Å². The third kappa shape index (κ3) is 1.97. The highest BCUT2D eigenvalue weighted by atomic mass is 16.4. The Labute approximate surface area is 115 Å². The third-order valence-electron chi connectivity index (χ3n) is 3.14. The number of carboxylic acid groups (broad SMARTS) is 1. The number of carboxylic acids is 1. The Bertz CT molecular complexity index is 797. The van der Waals surface area contributed by atoms with Crippen molar-refractivity contribution in [2.75, 3.05) is 0 Å². The van der Waals surface area contributed by atoms with Gasteiger partial charge in [0.2, 0.25) is 0 Å². The molecule has 0 amide bonds. The van der Waals surface area contributed by atoms with Crippen LogP contribution in [0.3, 0.4) is 0 Å². The summed E-state index contributed by atoms with van der Waals surface area (Å²) < 4.78 is 0. The number of pyridine rings is 1. The van der Waals surface area contributed by atoms with Gasteiger partial charge in [0.25, 0.3) is 0 Å². The summed E-state index contributed by atoms with van der Waals surface area (Å²) >= 11 is 0. The number of phenols is 1. The highest BCUT2D eigenvalue weighted by Gasteiger charge is 2.12. The summed E-state index contributed by atoms with van der Waals surface area (Å²) in [7, 11) is 0. The zero-order chi connectivity index (χ0) is 14.1. The van der Waals surface area contributed by atoms with E-state index in [9.17, 15) is 9.90 Å². The lowest BCUT2D eigenvalue weighted by Crippen LogP contribution is -2.00. The van der Waals surface area contributed by atoms with Gasteiger partial charge in [-0.05, 0) is 35.4 Å². The highest BCUT2D eigenvalue weighted by molar-refractivity contribution is 5.99. The molecule has 3 rings (SSSR count). The van der Waals surface area contributed by atoms with Crippen LogP contribution in [0.4, 0.5) is 0 Å². The normalized spacial score (nSPS) is 10.6. The molecule has 4 nitrogen and oxygen atoms in total. The van der Waals surface area contributed by atoms with E-state index in [0.717, 1.165) is 16.5 Å². The fraction of sp³-hybridized carbons (Fsp3) is 0. The summed E-state index contributed by atoms with van der Waals surface area (Å²) in [4.78, 5) is 15.0. The maximum atomic E-state index is 11.0. The Morgan fingerprint density at radius 1 is 0.950 bits per heavy atom. The Hall–Kier alpha value is -2.88. The number of aromatic nitrogens is 1. The summed E-state index contributed by atoms with van der Waals surface area (Å²) in [6.07, 6.45) is 0. The molecule has 0 atom stereocenters. The van der Waals surface area contributed by atoms with Crippen LogP contribution in [0.25, 0.3) is 22.0 Å². The molecule has 0 saturated heterocycles. The minimum absolute atomic E-state index is 0.0252. The molecule has 0 radical (unpaired) electrons. The van der Waals surface area contributed by atoms with Crippen molar-refractivity contribution in [1.29, 1.82) is 0 Å². The number of hydrogen-bond acceptors (Lipinski definition) is 3. The number of hydrogen-bond donors (Lipinski definition) is 2. The topological polar surface area (TPSA) is 70.4 Å². The third-order valence-corrected chi connectivity index (χ3v) is 3.14. The van der Waals surface area contributed by atoms with Crippen molar-refractivity contribution in [2.24, 2.45) is 0 Å². The van der Waals surface area contributed by atoms with E-state index in [-0.39, 0.29) is 11.4 Å². The van der Waals surface area contributed by atoms with Crippen molar-refractivity contribution >= 4 is 16.9 Å². The predicted octanol–water partition coefficient (Wildman–Crippen LogP) is 3.31. The van der Waals surface area contributed by atoms with Gasteiger partial charge in [0.1, 0.15) is 17.0 Å². The molecule has 98 valence electrons. The first-order valence-electron chi connectivity index (χ1n) is 6.08. The van der Waals surface area contributed by atoms with Crippen LogP contribution < -0.4 is 0 Å². The lowest BCUT2D eigenvalue weighted by atomic mass is 10.00. The fourth-order valence-electron chi connectivity index (χ4n) is 2.19. The molecule has 3 aromatic rings. The van der Waals surface area contributed by atoms with Crippen molar-refractivity contribution < 1.29 is 15.0 Å². The van der Waals surface area contributed by atoms with Gasteiger partial charge < -0.3 is 10.2 Å². The first kappa shape index (κ1) is 12.2. The Balaban J connectivity index is 2.31. The smallest absolute Gasteiger partial charge is 0.354 e. The van der Waals surface area contributed by atoms with Gasteiger partial charge in [-0.15, -0.1) is 0 Å². The zero-order valence-electron chi connectivity index (χ0n) is 10.4. The van der Waals surface area contributed by atoms with E-state index in [1.54, 1.807) is 12.1 Å². The maximum Gasteiger partial charge on any atom is 0.354 e. The fourth-order valence-corrected chi connectivity index (χ4v) is 2.19. The van der Waals surface area contributed by atoms with Gasteiger partial charge in [-0.1, -0.05) is 30.3 Å². The first-order chi connectivity index (χ1) is 9.66. The van der Waals surface area contributed by atoms with Crippen LogP contribution in [0.1, 0.15) is 10.5 Å². The van der Waals surface area contributed by atoms with Crippen molar-refractivity contribution in [1.82, 2.24) is 4.98 Å². The molecule has 0 aliphatic heterocycles. The number of phenolic OH excluding ortho intramolecular Hbond substituents is 1. The molecular formula is C16H11NO3. The van der Waals surface area contributed by atoms with Crippen molar-refractivity contribution in [3.05, 3.63) is 60.3 Å². The minimum Gasteiger partial charge on any atom is -0.506 e. The van der Waals surface area contributed by atoms with Crippen molar-refractivity contribution in [3.63, 3.8) is 0 Å². The Morgan fingerprint density at radius 3 is 2.40 bits per heavy atom. The van der Waals surface area contributed by atoms with Crippen molar-refractivity contribution in [2.45, 2.75) is 0 Å². The average Bonchev–Trinajstić information content (AvgIpc) is 2.48. The summed E-state index contributed by atoms with van der Waals surface area (Å²) in [5, 5.41) is 19.6. The molecule has 0 saturated carbocycles. The van der Waals surface area contributed by atoms with E-state index in [2.05, 4.69) is 4.98 Å². The molecule has 0 bridgehead atoms. The van der Waals surface area contributed by atoms with Crippen LogP contribution in [0.15, 0.2) is 54.6 Å². The molecule has 0 aliphatic rings. The molecule has 0 aliphatic carbocycles. The van der Waals surface area contributed by atoms with E-state index < -0.39 is 5.97 Å². The Morgan fingerprint density at radius 2 is 1.70 bits per heavy atom. The minimum atomic E-state index is -1.11. The standard InChI is InChI=1S/C16H11NO3/c18-14-9-7-11(10-4-2-1-3-5-10)12-6-8-13(16(19)20)17-15(12)14/h1-9,18H,(H,19,20). The van der Waals surface area contributed by atoms with E-state index in [0.29, 0.717) is 5.52 Å². The van der Waals surface area contributed by atoms with Gasteiger partial charge in [0.15, 0.2) is 0 Å². The van der Waals surface area contributed by atoms with Gasteiger partial charge in [-0.2, -0.15) is 0 Å². The predicted molar refractivity (Wildman–Crippen MR) is 75.8 cm³/mol. The largest absolute Gasteiger partial charge is 0.506 e. The number of carbonyl (C=O) groups is 1. The maximum absolute atomic E-state index is 11.0. The molecular weight excluding hydrogens is 254 g/mol. The summed E-state index contributed by atoms with van der Waals surface area (Å²) in [5.74, 6) is -1.14. The number of aromatic hydroxyl groups is 1. The molecule has 1 heterocycles. The van der Waals surface area contributed by atoms with Crippen molar-refractivity contribution in [3.8, 4) is 16.9 Å². The van der Waals surface area contributed by atoms with Gasteiger partial charge in [-0.3, -0.25) is 0 Å². The number of rotatable bonds is 2. The molecule has 4 heteroatoms. The molecule has 0 fully saturated rings. The quantitative estimate of drug-likeness (QED) is 0.745. The number of fused-ring (bicyclic) bond motifs is 1. The van der Waals surface area contributed by atoms with E-state index in [1.165, 1.54) is 12.1 Å². The molecule has 0 spiro atoms. The van der Waals surface area contributed by atoms with Gasteiger partial charge >= 0.3 is 5.97 Å². The monoisotopic (exact) mass is 265 g/mol. The second-order valence-corrected chi connectivity index (χ2v) is 4.40. The van der Waals surface area contributed by atoms with Crippen LogP contribution in [-0.4, -0.2) is 21.2 Å². The average molecular weight is 265 g/mol. The number of aromatic carboxylic acids is 1. The zero-order valence-corrected chi connectivity index (χ0v) is 10.4. The van der Waals surface area contributed by atoms with Crippen LogP contribution in [0.5, 0.6) is 5.75 Å². The van der Waals surface area contributed by atoms with E-state index >= 15 is 0 Å². The van der Waals surface area contributed by atoms with Gasteiger partial charge in [-0.25, -0.2) is 9.78 Å². The second-order valence-electron chi connectivity index (χ2n) is 4.40. The molecule has 0 unspecified atom stereocenters. The lowest BCUT2D eigenvalue weighted by molar-refractivity contribution is 0.0691. The number of benzene rings is 2. The van der Waals surface area contributed by atoms with Crippen LogP contribution in [-0.2, 0) is 0 Å². The lowest BCUT2D eigenvalue weighted by Gasteiger charge is -2.08. The summed E-state index contributed by atoms with van der Waals surface area (Å²) in [6.45, 7) is 0. The molecule has 2 aromatic carbocycles.